The fraction of sp³-hybridized carbons (Fsp3) is 0.600. The lowest BCUT2D eigenvalue weighted by Gasteiger charge is -2.29. The van der Waals surface area contributed by atoms with Gasteiger partial charge in [-0.1, -0.05) is 13.0 Å². The minimum atomic E-state index is -4.43. The average Bonchev–Trinajstić information content (AvgIpc) is 2.32. The standard InChI is InChI=1S/C15H23F3N2O/c1-5-19-9-11-6-7-13(12(8-11)15(16,17)18)20(4)10-14(2,3)21/h6-8,19,21H,5,9-10H2,1-4H3. The number of alkyl halides is 3. The predicted molar refractivity (Wildman–Crippen MR) is 78.4 cm³/mol. The Morgan fingerprint density at radius 2 is 1.86 bits per heavy atom. The number of aliphatic hydroxyl groups is 1. The van der Waals surface area contributed by atoms with Crippen LogP contribution in [-0.2, 0) is 12.7 Å². The van der Waals surface area contributed by atoms with E-state index in [4.69, 9.17) is 0 Å². The van der Waals surface area contributed by atoms with Crippen LogP contribution >= 0.6 is 0 Å². The lowest BCUT2D eigenvalue weighted by Crippen LogP contribution is -2.37. The van der Waals surface area contributed by atoms with E-state index < -0.39 is 17.3 Å². The average molecular weight is 304 g/mol. The molecular formula is C15H23F3N2O. The number of benzene rings is 1. The lowest BCUT2D eigenvalue weighted by atomic mass is 10.0. The van der Waals surface area contributed by atoms with E-state index in [1.807, 2.05) is 6.92 Å². The van der Waals surface area contributed by atoms with Crippen molar-refractivity contribution in [2.24, 2.45) is 0 Å². The Labute approximate surface area is 123 Å². The first-order valence-corrected chi connectivity index (χ1v) is 6.89. The van der Waals surface area contributed by atoms with Gasteiger partial charge in [-0.3, -0.25) is 0 Å². The van der Waals surface area contributed by atoms with E-state index >= 15 is 0 Å². The van der Waals surface area contributed by atoms with Crippen molar-refractivity contribution < 1.29 is 18.3 Å². The summed E-state index contributed by atoms with van der Waals surface area (Å²) in [4.78, 5) is 1.43. The molecule has 0 unspecified atom stereocenters. The first-order chi connectivity index (χ1) is 9.54. The Morgan fingerprint density at radius 3 is 2.33 bits per heavy atom. The van der Waals surface area contributed by atoms with Crippen molar-refractivity contribution >= 4 is 5.69 Å². The van der Waals surface area contributed by atoms with E-state index in [1.54, 1.807) is 27.0 Å². The van der Waals surface area contributed by atoms with E-state index in [0.29, 0.717) is 18.7 Å². The monoisotopic (exact) mass is 304 g/mol. The summed E-state index contributed by atoms with van der Waals surface area (Å²) in [6.07, 6.45) is -4.43. The molecule has 0 amide bonds. The molecule has 0 radical (unpaired) electrons. The highest BCUT2D eigenvalue weighted by Crippen LogP contribution is 2.37. The molecule has 0 saturated heterocycles. The van der Waals surface area contributed by atoms with Crippen molar-refractivity contribution in [1.82, 2.24) is 5.32 Å². The summed E-state index contributed by atoms with van der Waals surface area (Å²) in [6.45, 7) is 6.24. The summed E-state index contributed by atoms with van der Waals surface area (Å²) >= 11 is 0. The molecule has 0 heterocycles. The molecule has 2 N–H and O–H groups in total. The molecule has 1 aromatic carbocycles. The van der Waals surface area contributed by atoms with Crippen LogP contribution in [0.25, 0.3) is 0 Å². The fourth-order valence-electron chi connectivity index (χ4n) is 2.19. The van der Waals surface area contributed by atoms with Gasteiger partial charge in [0.05, 0.1) is 11.2 Å². The maximum Gasteiger partial charge on any atom is 0.418 e. The van der Waals surface area contributed by atoms with Gasteiger partial charge < -0.3 is 15.3 Å². The molecule has 1 rings (SSSR count). The Kier molecular flexibility index (Phi) is 5.64. The third-order valence-corrected chi connectivity index (χ3v) is 2.98. The van der Waals surface area contributed by atoms with Crippen molar-refractivity contribution in [3.63, 3.8) is 0 Å². The maximum atomic E-state index is 13.2. The summed E-state index contributed by atoms with van der Waals surface area (Å²) < 4.78 is 39.7. The zero-order valence-electron chi connectivity index (χ0n) is 12.9. The Bertz CT molecular complexity index is 467. The fourth-order valence-corrected chi connectivity index (χ4v) is 2.19. The Balaban J connectivity index is 3.13. The number of rotatable bonds is 6. The SMILES string of the molecule is CCNCc1ccc(N(C)CC(C)(C)O)c(C(F)(F)F)c1. The van der Waals surface area contributed by atoms with Crippen LogP contribution in [0.15, 0.2) is 18.2 Å². The quantitative estimate of drug-likeness (QED) is 0.848. The summed E-state index contributed by atoms with van der Waals surface area (Å²) in [7, 11) is 1.55. The van der Waals surface area contributed by atoms with Crippen LogP contribution < -0.4 is 10.2 Å². The van der Waals surface area contributed by atoms with Gasteiger partial charge in [0.1, 0.15) is 0 Å². The van der Waals surface area contributed by atoms with E-state index in [1.165, 1.54) is 17.0 Å². The Hall–Kier alpha value is -1.27. The van der Waals surface area contributed by atoms with Crippen molar-refractivity contribution in [2.45, 2.75) is 39.1 Å². The maximum absolute atomic E-state index is 13.2. The van der Waals surface area contributed by atoms with Crippen LogP contribution in [-0.4, -0.2) is 30.8 Å². The number of hydrogen-bond donors (Lipinski definition) is 2. The van der Waals surface area contributed by atoms with Crippen LogP contribution in [0.3, 0.4) is 0 Å². The molecule has 0 spiro atoms. The molecule has 0 fully saturated rings. The molecule has 0 aliphatic carbocycles. The number of anilines is 1. The van der Waals surface area contributed by atoms with E-state index in [2.05, 4.69) is 5.32 Å². The molecule has 21 heavy (non-hydrogen) atoms. The Morgan fingerprint density at radius 1 is 1.24 bits per heavy atom. The molecule has 1 aromatic rings. The van der Waals surface area contributed by atoms with Crippen molar-refractivity contribution in [2.75, 3.05) is 25.0 Å². The number of nitrogens with zero attached hydrogens (tertiary/aromatic N) is 1. The zero-order valence-corrected chi connectivity index (χ0v) is 12.9. The molecular weight excluding hydrogens is 281 g/mol. The third kappa shape index (κ3) is 5.55. The van der Waals surface area contributed by atoms with Crippen LogP contribution in [0.4, 0.5) is 18.9 Å². The highest BCUT2D eigenvalue weighted by Gasteiger charge is 2.35. The molecule has 0 aliphatic rings. The van der Waals surface area contributed by atoms with Crippen LogP contribution in [0.1, 0.15) is 31.9 Å². The van der Waals surface area contributed by atoms with E-state index in [9.17, 15) is 18.3 Å². The second-order valence-corrected chi connectivity index (χ2v) is 5.80. The van der Waals surface area contributed by atoms with Crippen molar-refractivity contribution in [3.8, 4) is 0 Å². The van der Waals surface area contributed by atoms with E-state index in [-0.39, 0.29) is 12.2 Å². The van der Waals surface area contributed by atoms with Gasteiger partial charge in [-0.2, -0.15) is 13.2 Å². The van der Waals surface area contributed by atoms with E-state index in [0.717, 1.165) is 0 Å². The van der Waals surface area contributed by atoms with Gasteiger partial charge >= 0.3 is 6.18 Å². The number of nitrogens with one attached hydrogen (secondary N) is 1. The van der Waals surface area contributed by atoms with Crippen molar-refractivity contribution in [3.05, 3.63) is 29.3 Å². The van der Waals surface area contributed by atoms with Gasteiger partial charge in [0.2, 0.25) is 0 Å². The number of halogens is 3. The minimum Gasteiger partial charge on any atom is -0.389 e. The molecule has 0 atom stereocenters. The molecule has 6 heteroatoms. The molecule has 0 bridgehead atoms. The van der Waals surface area contributed by atoms with Gasteiger partial charge in [0, 0.05) is 25.8 Å². The summed E-state index contributed by atoms with van der Waals surface area (Å²) in [5.74, 6) is 0. The molecule has 120 valence electrons. The van der Waals surface area contributed by atoms with Gasteiger partial charge in [0.15, 0.2) is 0 Å². The molecule has 0 saturated carbocycles. The normalized spacial score (nSPS) is 12.6. The second kappa shape index (κ2) is 6.66. The summed E-state index contributed by atoms with van der Waals surface area (Å²) in [5.41, 5.74) is -1.08. The van der Waals surface area contributed by atoms with Gasteiger partial charge in [-0.05, 0) is 38.1 Å². The van der Waals surface area contributed by atoms with Gasteiger partial charge in [-0.25, -0.2) is 0 Å². The molecule has 0 aromatic heterocycles. The topological polar surface area (TPSA) is 35.5 Å². The van der Waals surface area contributed by atoms with Crippen LogP contribution in [0, 0.1) is 0 Å². The number of hydrogen-bond acceptors (Lipinski definition) is 3. The largest absolute Gasteiger partial charge is 0.418 e. The summed E-state index contributed by atoms with van der Waals surface area (Å²) in [6, 6.07) is 4.30. The summed E-state index contributed by atoms with van der Waals surface area (Å²) in [5, 5.41) is 12.8. The first kappa shape index (κ1) is 17.8. The van der Waals surface area contributed by atoms with Gasteiger partial charge in [0.25, 0.3) is 0 Å². The molecule has 3 nitrogen and oxygen atoms in total. The van der Waals surface area contributed by atoms with Crippen LogP contribution in [0.5, 0.6) is 0 Å². The predicted octanol–water partition coefficient (Wildman–Crippen LogP) is 3.02. The highest BCUT2D eigenvalue weighted by molar-refractivity contribution is 5.56. The lowest BCUT2D eigenvalue weighted by molar-refractivity contribution is -0.137. The molecule has 0 aliphatic heterocycles. The smallest absolute Gasteiger partial charge is 0.389 e. The number of likely N-dealkylation sites (N-methyl/N-ethyl adjacent to an activating group) is 1. The van der Waals surface area contributed by atoms with Gasteiger partial charge in [-0.15, -0.1) is 0 Å². The zero-order chi connectivity index (χ0) is 16.3. The highest BCUT2D eigenvalue weighted by atomic mass is 19.4. The second-order valence-electron chi connectivity index (χ2n) is 5.80. The van der Waals surface area contributed by atoms with Crippen molar-refractivity contribution in [1.29, 1.82) is 0 Å². The van der Waals surface area contributed by atoms with Crippen LogP contribution in [0.2, 0.25) is 0 Å². The first-order valence-electron chi connectivity index (χ1n) is 6.89. The third-order valence-electron chi connectivity index (χ3n) is 2.98. The minimum absolute atomic E-state index is 0.0740.